The number of carbonyl (C=O) groups is 1. The van der Waals surface area contributed by atoms with E-state index in [0.717, 1.165) is 22.8 Å². The number of carboxylic acid groups (broad SMARTS) is 1. The molecule has 0 aliphatic carbocycles. The van der Waals surface area contributed by atoms with Gasteiger partial charge in [-0.1, -0.05) is 11.6 Å². The number of nitrogens with zero attached hydrogens (tertiary/aromatic N) is 1. The highest BCUT2D eigenvalue weighted by atomic mass is 35.5. The third kappa shape index (κ3) is 2.81. The van der Waals surface area contributed by atoms with Gasteiger partial charge in [-0.25, -0.2) is 14.0 Å². The van der Waals surface area contributed by atoms with Gasteiger partial charge < -0.3 is 5.11 Å². The maximum Gasteiger partial charge on any atom is 0.335 e. The van der Waals surface area contributed by atoms with Crippen molar-refractivity contribution in [3.8, 4) is 0 Å². The number of fused-ring (bicyclic) bond motifs is 1. The van der Waals surface area contributed by atoms with Gasteiger partial charge in [-0.2, -0.15) is 0 Å². The number of nitrogens with one attached hydrogen (secondary N) is 1. The third-order valence-corrected chi connectivity index (χ3v) is 3.82. The summed E-state index contributed by atoms with van der Waals surface area (Å²) in [7, 11) is 0. The van der Waals surface area contributed by atoms with E-state index >= 15 is 0 Å². The largest absolute Gasteiger partial charge is 0.478 e. The predicted molar refractivity (Wildman–Crippen MR) is 86.3 cm³/mol. The maximum atomic E-state index is 14.0. The molecule has 0 radical (unpaired) electrons. The Bertz CT molecular complexity index is 1090. The molecule has 0 saturated carbocycles. The second-order valence-electron chi connectivity index (χ2n) is 5.12. The van der Waals surface area contributed by atoms with Gasteiger partial charge in [0.05, 0.1) is 23.0 Å². The molecule has 0 unspecified atom stereocenters. The summed E-state index contributed by atoms with van der Waals surface area (Å²) >= 11 is 5.86. The Morgan fingerprint density at radius 1 is 1.21 bits per heavy atom. The van der Waals surface area contributed by atoms with Crippen LogP contribution in [0.5, 0.6) is 0 Å². The molecule has 0 aliphatic rings. The molecule has 0 amide bonds. The summed E-state index contributed by atoms with van der Waals surface area (Å²) < 4.78 is 15.1. The SMILES string of the molecule is O=C(O)c1ccc(F)c(Cn2c(=O)[nH]c(=O)c3cc(Cl)ccc32)c1. The van der Waals surface area contributed by atoms with Crippen molar-refractivity contribution in [3.05, 3.63) is 79.2 Å². The van der Waals surface area contributed by atoms with Crippen LogP contribution < -0.4 is 11.2 Å². The van der Waals surface area contributed by atoms with Gasteiger partial charge in [-0.3, -0.25) is 14.3 Å². The van der Waals surface area contributed by atoms with Gasteiger partial charge in [0.15, 0.2) is 0 Å². The first kappa shape index (κ1) is 15.9. The monoisotopic (exact) mass is 348 g/mol. The van der Waals surface area contributed by atoms with Crippen LogP contribution in [0.2, 0.25) is 5.02 Å². The molecule has 24 heavy (non-hydrogen) atoms. The second-order valence-corrected chi connectivity index (χ2v) is 5.55. The smallest absolute Gasteiger partial charge is 0.335 e. The maximum absolute atomic E-state index is 14.0. The molecule has 122 valence electrons. The van der Waals surface area contributed by atoms with Crippen molar-refractivity contribution < 1.29 is 14.3 Å². The lowest BCUT2D eigenvalue weighted by molar-refractivity contribution is 0.0696. The van der Waals surface area contributed by atoms with Crippen LogP contribution in [0.15, 0.2) is 46.0 Å². The number of benzene rings is 2. The van der Waals surface area contributed by atoms with E-state index in [1.165, 1.54) is 18.2 Å². The van der Waals surface area contributed by atoms with Crippen molar-refractivity contribution in [2.75, 3.05) is 0 Å². The Hall–Kier alpha value is -2.93. The Balaban J connectivity index is 2.21. The van der Waals surface area contributed by atoms with E-state index in [1.807, 2.05) is 0 Å². The van der Waals surface area contributed by atoms with E-state index in [2.05, 4.69) is 4.98 Å². The molecular formula is C16H10ClFN2O4. The summed E-state index contributed by atoms with van der Waals surface area (Å²) in [5, 5.41) is 9.50. The lowest BCUT2D eigenvalue weighted by Gasteiger charge is -2.11. The second kappa shape index (κ2) is 5.93. The van der Waals surface area contributed by atoms with E-state index in [9.17, 15) is 18.8 Å². The molecule has 2 aromatic carbocycles. The highest BCUT2D eigenvalue weighted by molar-refractivity contribution is 6.31. The molecule has 0 spiro atoms. The van der Waals surface area contributed by atoms with Crippen LogP contribution >= 0.6 is 11.6 Å². The van der Waals surface area contributed by atoms with E-state index < -0.39 is 23.0 Å². The van der Waals surface area contributed by atoms with Crippen molar-refractivity contribution in [1.29, 1.82) is 0 Å². The Morgan fingerprint density at radius 2 is 1.96 bits per heavy atom. The Kier molecular flexibility index (Phi) is 3.94. The normalized spacial score (nSPS) is 10.9. The van der Waals surface area contributed by atoms with E-state index in [0.29, 0.717) is 5.02 Å². The number of aromatic amines is 1. The van der Waals surface area contributed by atoms with Gasteiger partial charge in [0, 0.05) is 10.6 Å². The fraction of sp³-hybridized carbons (Fsp3) is 0.0625. The quantitative estimate of drug-likeness (QED) is 0.759. The highest BCUT2D eigenvalue weighted by Gasteiger charge is 2.13. The lowest BCUT2D eigenvalue weighted by atomic mass is 10.1. The van der Waals surface area contributed by atoms with Crippen LogP contribution in [0, 0.1) is 5.82 Å². The Labute approximate surface area is 138 Å². The van der Waals surface area contributed by atoms with Gasteiger partial charge in [0.25, 0.3) is 5.56 Å². The molecular weight excluding hydrogens is 339 g/mol. The summed E-state index contributed by atoms with van der Waals surface area (Å²) in [6.45, 7) is -0.235. The van der Waals surface area contributed by atoms with Gasteiger partial charge in [0.1, 0.15) is 5.82 Å². The van der Waals surface area contributed by atoms with Crippen LogP contribution in [-0.2, 0) is 6.54 Å². The molecule has 0 saturated heterocycles. The summed E-state index contributed by atoms with van der Waals surface area (Å²) in [4.78, 5) is 37.2. The number of aromatic carboxylic acids is 1. The average Bonchev–Trinajstić information content (AvgIpc) is 2.53. The van der Waals surface area contributed by atoms with E-state index in [-0.39, 0.29) is 28.6 Å². The molecule has 2 N–H and O–H groups in total. The standard InChI is InChI=1S/C16H10ClFN2O4/c17-10-2-4-13-11(6-10)14(21)19-16(24)20(13)7-9-5-8(15(22)23)1-3-12(9)18/h1-6H,7H2,(H,22,23)(H,19,21,24). The van der Waals surface area contributed by atoms with Crippen LogP contribution in [0.25, 0.3) is 10.9 Å². The highest BCUT2D eigenvalue weighted by Crippen LogP contribution is 2.17. The molecule has 0 aliphatic heterocycles. The topological polar surface area (TPSA) is 92.2 Å². The molecule has 0 atom stereocenters. The molecule has 0 fully saturated rings. The predicted octanol–water partition coefficient (Wildman–Crippen LogP) is 2.23. The minimum atomic E-state index is -1.21. The third-order valence-electron chi connectivity index (χ3n) is 3.58. The van der Waals surface area contributed by atoms with Crippen molar-refractivity contribution in [1.82, 2.24) is 9.55 Å². The first-order chi connectivity index (χ1) is 11.4. The van der Waals surface area contributed by atoms with E-state index in [1.54, 1.807) is 0 Å². The average molecular weight is 349 g/mol. The summed E-state index contributed by atoms with van der Waals surface area (Å²) in [5.74, 6) is -1.86. The van der Waals surface area contributed by atoms with Crippen LogP contribution in [-0.4, -0.2) is 20.6 Å². The fourth-order valence-electron chi connectivity index (χ4n) is 2.42. The molecule has 0 bridgehead atoms. The molecule has 3 rings (SSSR count). The van der Waals surface area contributed by atoms with Crippen LogP contribution in [0.1, 0.15) is 15.9 Å². The summed E-state index contributed by atoms with van der Waals surface area (Å²) in [6, 6.07) is 7.69. The molecule has 1 heterocycles. The van der Waals surface area contributed by atoms with Crippen LogP contribution in [0.4, 0.5) is 4.39 Å². The number of hydrogen-bond acceptors (Lipinski definition) is 3. The fourth-order valence-corrected chi connectivity index (χ4v) is 2.60. The first-order valence-corrected chi connectivity index (χ1v) is 7.18. The number of rotatable bonds is 3. The minimum Gasteiger partial charge on any atom is -0.478 e. The van der Waals surface area contributed by atoms with Gasteiger partial charge in [0.2, 0.25) is 0 Å². The number of hydrogen-bond donors (Lipinski definition) is 2. The molecule has 6 nitrogen and oxygen atoms in total. The van der Waals surface area contributed by atoms with Crippen LogP contribution in [0.3, 0.4) is 0 Å². The van der Waals surface area contributed by atoms with Gasteiger partial charge in [-0.05, 0) is 36.4 Å². The van der Waals surface area contributed by atoms with Crippen molar-refractivity contribution in [3.63, 3.8) is 0 Å². The zero-order chi connectivity index (χ0) is 17.4. The number of H-pyrrole nitrogens is 1. The first-order valence-electron chi connectivity index (χ1n) is 6.81. The lowest BCUT2D eigenvalue weighted by Crippen LogP contribution is -2.30. The van der Waals surface area contributed by atoms with Gasteiger partial charge in [-0.15, -0.1) is 0 Å². The van der Waals surface area contributed by atoms with E-state index in [4.69, 9.17) is 16.7 Å². The van der Waals surface area contributed by atoms with Gasteiger partial charge >= 0.3 is 11.7 Å². The van der Waals surface area contributed by atoms with Crippen molar-refractivity contribution in [2.24, 2.45) is 0 Å². The number of aromatic nitrogens is 2. The van der Waals surface area contributed by atoms with Crippen molar-refractivity contribution in [2.45, 2.75) is 6.54 Å². The summed E-state index contributed by atoms with van der Waals surface area (Å²) in [5.41, 5.74) is -1.15. The molecule has 1 aromatic heterocycles. The summed E-state index contributed by atoms with van der Waals surface area (Å²) in [6.07, 6.45) is 0. The molecule has 8 heteroatoms. The molecule has 3 aromatic rings. The van der Waals surface area contributed by atoms with Crippen molar-refractivity contribution >= 4 is 28.5 Å². The minimum absolute atomic E-state index is 0.0142. The Morgan fingerprint density at radius 3 is 2.67 bits per heavy atom. The zero-order valence-electron chi connectivity index (χ0n) is 12.0. The zero-order valence-corrected chi connectivity index (χ0v) is 12.8. The number of halogens is 2. The number of carboxylic acids is 1.